The maximum absolute atomic E-state index is 14.2. The van der Waals surface area contributed by atoms with Crippen molar-refractivity contribution in [1.82, 2.24) is 35.5 Å². The number of carbonyl (C=O) groups is 5. The van der Waals surface area contributed by atoms with Crippen molar-refractivity contribution in [3.05, 3.63) is 58.7 Å². The van der Waals surface area contributed by atoms with E-state index in [0.717, 1.165) is 49.6 Å². The lowest BCUT2D eigenvalue weighted by molar-refractivity contribution is -0.136. The standard InChI is InChI=1S/C23H27FN4O4.C13H15F2N5O/c24-15-2-1-8-26(13-15)11-14-7-9-27(12-14)16-3-4-17-18(10-16)23(32)28(22(17)31)19-5-6-20(29)25-21(19)30;1-12(2)4-9-8(3-13(12,14)15)10(20-19-9)11(21)18-7-5-16-17-6-7/h3-4,10,14-15,19H,1-2,5-9,11-13H2,(H,25,29,30);5-6H,3-4H2,1-2H3,(H,16,17)(H,18,21)(H,19,20). The predicted octanol–water partition coefficient (Wildman–Crippen LogP) is 3.49. The summed E-state index contributed by atoms with van der Waals surface area (Å²) in [4.78, 5) is 67.1. The lowest BCUT2D eigenvalue weighted by Crippen LogP contribution is -2.54. The number of benzene rings is 1. The van der Waals surface area contributed by atoms with Gasteiger partial charge in [0.25, 0.3) is 23.6 Å². The van der Waals surface area contributed by atoms with Gasteiger partial charge in [0.05, 0.1) is 23.0 Å². The van der Waals surface area contributed by atoms with Crippen LogP contribution in [-0.4, -0.2) is 111 Å². The number of carbonyl (C=O) groups excluding carboxylic acids is 5. The fourth-order valence-corrected chi connectivity index (χ4v) is 7.87. The summed E-state index contributed by atoms with van der Waals surface area (Å²) in [6, 6.07) is 4.28. The molecule has 3 saturated heterocycles. The molecule has 1 aromatic carbocycles. The number of H-pyrrole nitrogens is 2. The SMILES string of the molecule is CC1(C)Cc2[nH]nc(C(=O)Nc3cn[nH]c3)c2CC1(F)F.O=C1CCC(N2C(=O)c3ccc(N4CCC(CN5CCCC(F)C5)C4)cc3C2=O)C(=O)N1. The van der Waals surface area contributed by atoms with Crippen molar-refractivity contribution in [3.8, 4) is 0 Å². The molecular weight excluding hydrogens is 695 g/mol. The molecule has 5 amide bonds. The summed E-state index contributed by atoms with van der Waals surface area (Å²) in [6.07, 6.45) is 4.67. The number of imide groups is 2. The third-order valence-corrected chi connectivity index (χ3v) is 11.0. The number of alkyl halides is 3. The maximum Gasteiger partial charge on any atom is 0.276 e. The highest BCUT2D eigenvalue weighted by Crippen LogP contribution is 2.46. The van der Waals surface area contributed by atoms with E-state index in [1.807, 2.05) is 6.07 Å². The van der Waals surface area contributed by atoms with Gasteiger partial charge in [0.15, 0.2) is 5.69 Å². The second-order valence-corrected chi connectivity index (χ2v) is 15.2. The van der Waals surface area contributed by atoms with E-state index in [-0.39, 0.29) is 30.9 Å². The Bertz CT molecular complexity index is 1930. The molecule has 8 rings (SSSR count). The van der Waals surface area contributed by atoms with E-state index in [9.17, 15) is 37.1 Å². The zero-order valence-electron chi connectivity index (χ0n) is 29.5. The molecule has 3 fully saturated rings. The molecule has 0 radical (unpaired) electrons. The minimum atomic E-state index is -2.88. The maximum atomic E-state index is 14.2. The molecule has 0 bridgehead atoms. The molecule has 3 unspecified atom stereocenters. The summed E-state index contributed by atoms with van der Waals surface area (Å²) in [5.74, 6) is -4.94. The third-order valence-electron chi connectivity index (χ3n) is 11.0. The quantitative estimate of drug-likeness (QED) is 0.276. The first kappa shape index (κ1) is 36.3. The molecule has 282 valence electrons. The van der Waals surface area contributed by atoms with E-state index in [1.165, 1.54) is 26.2 Å². The van der Waals surface area contributed by atoms with Gasteiger partial charge in [-0.3, -0.25) is 44.4 Å². The number of aromatic amines is 2. The first-order chi connectivity index (χ1) is 25.2. The molecule has 17 heteroatoms. The molecule has 3 atom stereocenters. The Morgan fingerprint density at radius 3 is 2.55 bits per heavy atom. The Morgan fingerprint density at radius 1 is 1.02 bits per heavy atom. The van der Waals surface area contributed by atoms with Gasteiger partial charge in [-0.2, -0.15) is 10.2 Å². The summed E-state index contributed by atoms with van der Waals surface area (Å²) in [6.45, 7) is 7.04. The van der Waals surface area contributed by atoms with Crippen molar-refractivity contribution in [3.63, 3.8) is 0 Å². The average molecular weight is 738 g/mol. The molecule has 0 saturated carbocycles. The molecular formula is C36H42F3N9O5. The van der Waals surface area contributed by atoms with Crippen molar-refractivity contribution < 1.29 is 37.1 Å². The molecule has 53 heavy (non-hydrogen) atoms. The molecule has 14 nitrogen and oxygen atoms in total. The molecule has 0 spiro atoms. The van der Waals surface area contributed by atoms with Gasteiger partial charge in [-0.05, 0) is 56.3 Å². The zero-order valence-corrected chi connectivity index (χ0v) is 29.5. The van der Waals surface area contributed by atoms with Gasteiger partial charge in [0.1, 0.15) is 12.2 Å². The largest absolute Gasteiger partial charge is 0.371 e. The van der Waals surface area contributed by atoms with Crippen LogP contribution in [0.2, 0.25) is 0 Å². The van der Waals surface area contributed by atoms with E-state index < -0.39 is 53.6 Å². The smallest absolute Gasteiger partial charge is 0.276 e. The first-order valence-electron chi connectivity index (χ1n) is 17.9. The number of likely N-dealkylation sites (tertiary alicyclic amines) is 1. The van der Waals surface area contributed by atoms with Crippen LogP contribution in [0.5, 0.6) is 0 Å². The molecule has 1 aliphatic carbocycles. The second kappa shape index (κ2) is 14.1. The second-order valence-electron chi connectivity index (χ2n) is 15.2. The molecule has 3 aromatic rings. The van der Waals surface area contributed by atoms with Gasteiger partial charge < -0.3 is 15.1 Å². The van der Waals surface area contributed by atoms with Crippen LogP contribution in [0.3, 0.4) is 0 Å². The number of hydrogen-bond acceptors (Lipinski definition) is 9. The van der Waals surface area contributed by atoms with Gasteiger partial charge >= 0.3 is 0 Å². The normalized spacial score (nSPS) is 25.0. The van der Waals surface area contributed by atoms with E-state index >= 15 is 0 Å². The predicted molar refractivity (Wildman–Crippen MR) is 185 cm³/mol. The number of nitrogens with one attached hydrogen (secondary N) is 4. The third kappa shape index (κ3) is 7.18. The van der Waals surface area contributed by atoms with Crippen molar-refractivity contribution in [2.24, 2.45) is 11.3 Å². The van der Waals surface area contributed by atoms with Gasteiger partial charge in [0, 0.05) is 74.0 Å². The van der Waals surface area contributed by atoms with Crippen LogP contribution in [0.15, 0.2) is 30.6 Å². The van der Waals surface area contributed by atoms with E-state index in [0.29, 0.717) is 47.0 Å². The molecule has 6 heterocycles. The minimum Gasteiger partial charge on any atom is -0.371 e. The van der Waals surface area contributed by atoms with Crippen LogP contribution in [0.4, 0.5) is 24.5 Å². The molecule has 2 aromatic heterocycles. The Kier molecular flexibility index (Phi) is 9.63. The van der Waals surface area contributed by atoms with Gasteiger partial charge in [-0.1, -0.05) is 13.8 Å². The van der Waals surface area contributed by atoms with Crippen LogP contribution >= 0.6 is 0 Å². The van der Waals surface area contributed by atoms with Gasteiger partial charge in [0.2, 0.25) is 11.8 Å². The highest BCUT2D eigenvalue weighted by Gasteiger charge is 2.52. The van der Waals surface area contributed by atoms with Crippen LogP contribution in [0.1, 0.15) is 88.4 Å². The Hall–Kier alpha value is -5.06. The highest BCUT2D eigenvalue weighted by molar-refractivity contribution is 6.23. The van der Waals surface area contributed by atoms with E-state index in [4.69, 9.17) is 0 Å². The summed E-state index contributed by atoms with van der Waals surface area (Å²) in [5, 5.41) is 17.6. The minimum absolute atomic E-state index is 0.0152. The Labute approximate surface area is 303 Å². The molecule has 4 aliphatic heterocycles. The fraction of sp³-hybridized carbons (Fsp3) is 0.528. The van der Waals surface area contributed by atoms with E-state index in [1.54, 1.807) is 12.1 Å². The number of rotatable bonds is 6. The summed E-state index contributed by atoms with van der Waals surface area (Å²) < 4.78 is 42.0. The van der Waals surface area contributed by atoms with E-state index in [2.05, 4.69) is 40.8 Å². The Morgan fingerprint density at radius 2 is 1.81 bits per heavy atom. The number of hydrogen-bond donors (Lipinski definition) is 4. The number of halogens is 3. The van der Waals surface area contributed by atoms with Crippen LogP contribution in [-0.2, 0) is 22.4 Å². The number of nitrogens with zero attached hydrogens (tertiary/aromatic N) is 5. The Balaban J connectivity index is 0.000000179. The average Bonchev–Trinajstić information content (AvgIpc) is 3.91. The van der Waals surface area contributed by atoms with Gasteiger partial charge in [-0.25, -0.2) is 13.2 Å². The van der Waals surface area contributed by atoms with Crippen molar-refractivity contribution >= 4 is 40.9 Å². The van der Waals surface area contributed by atoms with Crippen LogP contribution in [0.25, 0.3) is 0 Å². The summed E-state index contributed by atoms with van der Waals surface area (Å²) in [5.41, 5.74) is 1.67. The number of fused-ring (bicyclic) bond motifs is 2. The lowest BCUT2D eigenvalue weighted by Gasteiger charge is -2.37. The zero-order chi connectivity index (χ0) is 37.7. The fourth-order valence-electron chi connectivity index (χ4n) is 7.87. The highest BCUT2D eigenvalue weighted by atomic mass is 19.3. The van der Waals surface area contributed by atoms with Crippen molar-refractivity contribution in [2.45, 2.75) is 76.9 Å². The first-order valence-corrected chi connectivity index (χ1v) is 17.9. The summed E-state index contributed by atoms with van der Waals surface area (Å²) >= 11 is 0. The topological polar surface area (TPSA) is 176 Å². The van der Waals surface area contributed by atoms with Crippen LogP contribution < -0.4 is 15.5 Å². The summed E-state index contributed by atoms with van der Waals surface area (Å²) in [7, 11) is 0. The number of anilines is 2. The number of piperidine rings is 2. The molecule has 5 aliphatic rings. The van der Waals surface area contributed by atoms with Crippen molar-refractivity contribution in [1.29, 1.82) is 0 Å². The van der Waals surface area contributed by atoms with Gasteiger partial charge in [-0.15, -0.1) is 0 Å². The monoisotopic (exact) mass is 737 g/mol. The number of aromatic nitrogens is 4. The lowest BCUT2D eigenvalue weighted by atomic mass is 9.73. The van der Waals surface area contributed by atoms with Crippen molar-refractivity contribution in [2.75, 3.05) is 42.9 Å². The molecule has 4 N–H and O–H groups in total. The van der Waals surface area contributed by atoms with Crippen LogP contribution in [0, 0.1) is 11.3 Å². The number of amides is 5.